The smallest absolute Gasteiger partial charge is 0.279 e. The largest absolute Gasteiger partial charge is 0.494 e. The fourth-order valence-electron chi connectivity index (χ4n) is 3.05. The molecule has 0 aliphatic rings. The van der Waals surface area contributed by atoms with E-state index in [9.17, 15) is 18.0 Å². The van der Waals surface area contributed by atoms with Crippen LogP contribution in [0.4, 0.5) is 5.69 Å². The predicted octanol–water partition coefficient (Wildman–Crippen LogP) is 3.89. The second-order valence-electron chi connectivity index (χ2n) is 7.07. The minimum atomic E-state index is -3.86. The van der Waals surface area contributed by atoms with E-state index in [1.807, 2.05) is 20.8 Å². The van der Waals surface area contributed by atoms with Crippen LogP contribution in [0.5, 0.6) is 5.75 Å². The summed E-state index contributed by atoms with van der Waals surface area (Å²) < 4.78 is 33.1. The zero-order valence-electron chi connectivity index (χ0n) is 18.5. The van der Waals surface area contributed by atoms with Crippen molar-refractivity contribution >= 4 is 38.9 Å². The molecule has 3 N–H and O–H groups in total. The topological polar surface area (TPSA) is 114 Å². The fraction of sp³-hybridized carbons (Fsp3) is 0.217. The molecule has 0 aliphatic heterocycles. The molecule has 1 heterocycles. The van der Waals surface area contributed by atoms with Gasteiger partial charge in [-0.3, -0.25) is 25.2 Å². The number of hydrogen-bond donors (Lipinski definition) is 3. The van der Waals surface area contributed by atoms with Gasteiger partial charge in [0.1, 0.15) is 5.75 Å². The first kappa shape index (κ1) is 24.3. The van der Waals surface area contributed by atoms with Crippen LogP contribution < -0.4 is 20.3 Å². The Morgan fingerprint density at radius 2 is 1.67 bits per heavy atom. The second kappa shape index (κ2) is 10.5. The van der Waals surface area contributed by atoms with Crippen molar-refractivity contribution in [3.63, 3.8) is 0 Å². The average Bonchev–Trinajstić information content (AvgIpc) is 3.18. The SMILES string of the molecule is CCOc1ccc(S(=O)(=O)Nc2cccc(C(=O)NNC(=O)c3cc(C)c(CC)s3)c2)cc1. The lowest BCUT2D eigenvalue weighted by molar-refractivity contribution is 0.0849. The Labute approximate surface area is 197 Å². The number of ether oxygens (including phenoxy) is 1. The van der Waals surface area contributed by atoms with Crippen LogP contribution in [-0.2, 0) is 16.4 Å². The lowest BCUT2D eigenvalue weighted by Gasteiger charge is -2.11. The van der Waals surface area contributed by atoms with E-state index in [-0.39, 0.29) is 16.1 Å². The van der Waals surface area contributed by atoms with E-state index in [0.29, 0.717) is 17.2 Å². The second-order valence-corrected chi connectivity index (χ2v) is 9.89. The highest BCUT2D eigenvalue weighted by atomic mass is 32.2. The third-order valence-corrected chi connectivity index (χ3v) is 7.45. The van der Waals surface area contributed by atoms with Crippen LogP contribution in [-0.4, -0.2) is 26.8 Å². The highest BCUT2D eigenvalue weighted by Gasteiger charge is 2.16. The van der Waals surface area contributed by atoms with Crippen LogP contribution in [0.3, 0.4) is 0 Å². The molecular weight excluding hydrogens is 462 g/mol. The molecule has 0 saturated carbocycles. The van der Waals surface area contributed by atoms with Crippen molar-refractivity contribution in [3.05, 3.63) is 75.5 Å². The highest BCUT2D eigenvalue weighted by molar-refractivity contribution is 7.92. The van der Waals surface area contributed by atoms with Crippen molar-refractivity contribution in [1.29, 1.82) is 0 Å². The van der Waals surface area contributed by atoms with Crippen molar-refractivity contribution in [2.75, 3.05) is 11.3 Å². The van der Waals surface area contributed by atoms with Gasteiger partial charge >= 0.3 is 0 Å². The first-order chi connectivity index (χ1) is 15.7. The number of aryl methyl sites for hydroxylation is 2. The standard InChI is InChI=1S/C23H25N3O5S2/c1-4-20-15(3)13-21(32-20)23(28)25-24-22(27)16-7-6-8-17(14-16)26-33(29,30)19-11-9-18(10-12-19)31-5-2/h6-14,26H,4-5H2,1-3H3,(H,24,27)(H,25,28). The lowest BCUT2D eigenvalue weighted by Crippen LogP contribution is -2.41. The molecule has 0 unspecified atom stereocenters. The van der Waals surface area contributed by atoms with Gasteiger partial charge in [-0.1, -0.05) is 13.0 Å². The summed E-state index contributed by atoms with van der Waals surface area (Å²) in [5.41, 5.74) is 6.18. The van der Waals surface area contributed by atoms with Gasteiger partial charge in [0.05, 0.1) is 16.4 Å². The fourth-order valence-corrected chi connectivity index (χ4v) is 5.11. The maximum atomic E-state index is 12.7. The van der Waals surface area contributed by atoms with Crippen molar-refractivity contribution < 1.29 is 22.7 Å². The van der Waals surface area contributed by atoms with E-state index in [0.717, 1.165) is 16.9 Å². The van der Waals surface area contributed by atoms with Gasteiger partial charge in [0.15, 0.2) is 0 Å². The number of sulfonamides is 1. The molecular formula is C23H25N3O5S2. The van der Waals surface area contributed by atoms with Crippen molar-refractivity contribution in [2.45, 2.75) is 32.1 Å². The highest BCUT2D eigenvalue weighted by Crippen LogP contribution is 2.22. The van der Waals surface area contributed by atoms with Crippen LogP contribution >= 0.6 is 11.3 Å². The Balaban J connectivity index is 1.65. The van der Waals surface area contributed by atoms with Gasteiger partial charge in [0.25, 0.3) is 21.8 Å². The molecule has 0 radical (unpaired) electrons. The van der Waals surface area contributed by atoms with E-state index in [1.165, 1.54) is 41.7 Å². The van der Waals surface area contributed by atoms with Crippen LogP contribution in [0.15, 0.2) is 59.5 Å². The number of hydrazine groups is 1. The van der Waals surface area contributed by atoms with E-state index in [2.05, 4.69) is 15.6 Å². The Morgan fingerprint density at radius 3 is 2.30 bits per heavy atom. The summed E-state index contributed by atoms with van der Waals surface area (Å²) in [6, 6.07) is 13.8. The maximum absolute atomic E-state index is 12.7. The van der Waals surface area contributed by atoms with Gasteiger partial charge in [-0.25, -0.2) is 8.42 Å². The van der Waals surface area contributed by atoms with Crippen LogP contribution in [0.25, 0.3) is 0 Å². The molecule has 174 valence electrons. The molecule has 0 fully saturated rings. The third-order valence-electron chi connectivity index (χ3n) is 4.68. The zero-order chi connectivity index (χ0) is 24.0. The molecule has 2 amide bonds. The summed E-state index contributed by atoms with van der Waals surface area (Å²) in [5, 5.41) is 0. The first-order valence-corrected chi connectivity index (χ1v) is 12.6. The molecule has 2 aromatic carbocycles. The Hall–Kier alpha value is -3.37. The zero-order valence-corrected chi connectivity index (χ0v) is 20.1. The van der Waals surface area contributed by atoms with Gasteiger partial charge in [-0.2, -0.15) is 0 Å². The molecule has 0 bridgehead atoms. The van der Waals surface area contributed by atoms with E-state index >= 15 is 0 Å². The molecule has 0 aliphatic carbocycles. The van der Waals surface area contributed by atoms with Gasteiger partial charge in [-0.05, 0) is 74.4 Å². The number of anilines is 1. The molecule has 33 heavy (non-hydrogen) atoms. The number of benzene rings is 2. The third kappa shape index (κ3) is 6.11. The Bertz CT molecular complexity index is 1250. The number of thiophene rings is 1. The number of nitrogens with one attached hydrogen (secondary N) is 3. The molecule has 3 aromatic rings. The normalized spacial score (nSPS) is 11.0. The summed E-state index contributed by atoms with van der Waals surface area (Å²) in [4.78, 5) is 26.5. The molecule has 1 aromatic heterocycles. The predicted molar refractivity (Wildman–Crippen MR) is 128 cm³/mol. The molecule has 0 saturated heterocycles. The van der Waals surface area contributed by atoms with Gasteiger partial charge in [-0.15, -0.1) is 11.3 Å². The summed E-state index contributed by atoms with van der Waals surface area (Å²) in [6.07, 6.45) is 0.829. The van der Waals surface area contributed by atoms with Crippen molar-refractivity contribution in [3.8, 4) is 5.75 Å². The number of carbonyl (C=O) groups is 2. The number of amides is 2. The lowest BCUT2D eigenvalue weighted by atomic mass is 10.2. The van der Waals surface area contributed by atoms with E-state index in [4.69, 9.17) is 4.74 Å². The minimum Gasteiger partial charge on any atom is -0.494 e. The number of hydrogen-bond acceptors (Lipinski definition) is 6. The summed E-state index contributed by atoms with van der Waals surface area (Å²) in [5.74, 6) is -0.418. The van der Waals surface area contributed by atoms with Crippen LogP contribution in [0, 0.1) is 6.92 Å². The monoisotopic (exact) mass is 487 g/mol. The molecule has 0 atom stereocenters. The molecule has 8 nitrogen and oxygen atoms in total. The number of carbonyl (C=O) groups excluding carboxylic acids is 2. The quantitative estimate of drug-likeness (QED) is 0.417. The van der Waals surface area contributed by atoms with E-state index in [1.54, 1.807) is 24.3 Å². The van der Waals surface area contributed by atoms with Gasteiger partial charge in [0, 0.05) is 16.1 Å². The Kier molecular flexibility index (Phi) is 7.72. The number of rotatable bonds is 8. The molecule has 0 spiro atoms. The molecule has 10 heteroatoms. The average molecular weight is 488 g/mol. The molecule has 3 rings (SSSR count). The summed E-state index contributed by atoms with van der Waals surface area (Å²) in [7, 11) is -3.86. The summed E-state index contributed by atoms with van der Waals surface area (Å²) in [6.45, 7) is 6.27. The van der Waals surface area contributed by atoms with Crippen LogP contribution in [0.2, 0.25) is 0 Å². The van der Waals surface area contributed by atoms with Crippen molar-refractivity contribution in [1.82, 2.24) is 10.9 Å². The van der Waals surface area contributed by atoms with Gasteiger partial charge < -0.3 is 4.74 Å². The minimum absolute atomic E-state index is 0.0609. The Morgan fingerprint density at radius 1 is 0.970 bits per heavy atom. The van der Waals surface area contributed by atoms with E-state index < -0.39 is 21.8 Å². The van der Waals surface area contributed by atoms with Crippen molar-refractivity contribution in [2.24, 2.45) is 0 Å². The summed E-state index contributed by atoms with van der Waals surface area (Å²) >= 11 is 1.38. The van der Waals surface area contributed by atoms with Crippen LogP contribution in [0.1, 0.15) is 44.3 Å². The maximum Gasteiger partial charge on any atom is 0.279 e. The van der Waals surface area contributed by atoms with Gasteiger partial charge in [0.2, 0.25) is 0 Å². The first-order valence-electron chi connectivity index (χ1n) is 10.3.